The fourth-order valence-corrected chi connectivity index (χ4v) is 1.65. The van der Waals surface area contributed by atoms with Gasteiger partial charge in [-0.15, -0.1) is 0 Å². The van der Waals surface area contributed by atoms with E-state index in [2.05, 4.69) is 26.1 Å². The molecule has 0 unspecified atom stereocenters. The molecule has 1 N–H and O–H groups in total. The lowest BCUT2D eigenvalue weighted by Gasteiger charge is -2.20. The SMILES string of the molecule is Cc1cc(F)ccc1OCCCCNC(C)(C)C. The first-order chi connectivity index (χ1) is 8.38. The molecule has 1 aromatic rings. The van der Waals surface area contributed by atoms with Crippen molar-refractivity contribution >= 4 is 0 Å². The molecular weight excluding hydrogens is 229 g/mol. The van der Waals surface area contributed by atoms with E-state index in [9.17, 15) is 4.39 Å². The Kier molecular flexibility index (Phi) is 5.60. The molecule has 2 nitrogen and oxygen atoms in total. The number of hydrogen-bond donors (Lipinski definition) is 1. The van der Waals surface area contributed by atoms with Gasteiger partial charge in [0, 0.05) is 5.54 Å². The maximum Gasteiger partial charge on any atom is 0.123 e. The Bertz CT molecular complexity index is 371. The van der Waals surface area contributed by atoms with Crippen LogP contribution in [0.15, 0.2) is 18.2 Å². The van der Waals surface area contributed by atoms with Crippen molar-refractivity contribution in [2.24, 2.45) is 0 Å². The fourth-order valence-electron chi connectivity index (χ4n) is 1.65. The van der Waals surface area contributed by atoms with Crippen LogP contribution in [0.5, 0.6) is 5.75 Å². The maximum atomic E-state index is 12.9. The predicted octanol–water partition coefficient (Wildman–Crippen LogP) is 3.68. The first kappa shape index (κ1) is 15.0. The molecule has 18 heavy (non-hydrogen) atoms. The van der Waals surface area contributed by atoms with Crippen molar-refractivity contribution in [2.75, 3.05) is 13.2 Å². The van der Waals surface area contributed by atoms with Crippen LogP contribution in [0.3, 0.4) is 0 Å². The van der Waals surface area contributed by atoms with Crippen LogP contribution in [0, 0.1) is 12.7 Å². The van der Waals surface area contributed by atoms with Gasteiger partial charge in [0.1, 0.15) is 11.6 Å². The Balaban J connectivity index is 2.18. The summed E-state index contributed by atoms with van der Waals surface area (Å²) in [5, 5.41) is 3.43. The van der Waals surface area contributed by atoms with Gasteiger partial charge in [0.25, 0.3) is 0 Å². The summed E-state index contributed by atoms with van der Waals surface area (Å²) in [6.45, 7) is 10.0. The highest BCUT2D eigenvalue weighted by Crippen LogP contribution is 2.18. The Hall–Kier alpha value is -1.09. The molecule has 0 saturated carbocycles. The summed E-state index contributed by atoms with van der Waals surface area (Å²) in [4.78, 5) is 0. The summed E-state index contributed by atoms with van der Waals surface area (Å²) in [6, 6.07) is 4.62. The molecule has 1 rings (SSSR count). The highest BCUT2D eigenvalue weighted by atomic mass is 19.1. The molecule has 0 radical (unpaired) electrons. The van der Waals surface area contributed by atoms with E-state index >= 15 is 0 Å². The van der Waals surface area contributed by atoms with E-state index in [1.54, 1.807) is 6.07 Å². The van der Waals surface area contributed by atoms with Gasteiger partial charge in [-0.3, -0.25) is 0 Å². The van der Waals surface area contributed by atoms with Crippen LogP contribution in [0.4, 0.5) is 4.39 Å². The molecule has 0 aliphatic rings. The normalized spacial score (nSPS) is 11.6. The molecule has 0 fully saturated rings. The number of ether oxygens (including phenoxy) is 1. The van der Waals surface area contributed by atoms with Crippen LogP contribution in [0.25, 0.3) is 0 Å². The van der Waals surface area contributed by atoms with Crippen molar-refractivity contribution in [1.29, 1.82) is 0 Å². The summed E-state index contributed by atoms with van der Waals surface area (Å²) in [7, 11) is 0. The minimum Gasteiger partial charge on any atom is -0.493 e. The number of unbranched alkanes of at least 4 members (excludes halogenated alkanes) is 1. The van der Waals surface area contributed by atoms with Crippen molar-refractivity contribution < 1.29 is 9.13 Å². The lowest BCUT2D eigenvalue weighted by molar-refractivity contribution is 0.299. The zero-order valence-corrected chi connectivity index (χ0v) is 11.8. The summed E-state index contributed by atoms with van der Waals surface area (Å²) in [6.07, 6.45) is 2.08. The fraction of sp³-hybridized carbons (Fsp3) is 0.600. The average Bonchev–Trinajstić information content (AvgIpc) is 2.24. The van der Waals surface area contributed by atoms with Crippen LogP contribution in [-0.4, -0.2) is 18.7 Å². The molecule has 102 valence electrons. The highest BCUT2D eigenvalue weighted by Gasteiger charge is 2.07. The van der Waals surface area contributed by atoms with E-state index in [-0.39, 0.29) is 11.4 Å². The molecule has 0 atom stereocenters. The third kappa shape index (κ3) is 6.01. The van der Waals surface area contributed by atoms with Crippen molar-refractivity contribution in [3.05, 3.63) is 29.6 Å². The predicted molar refractivity (Wildman–Crippen MR) is 73.6 cm³/mol. The number of hydrogen-bond acceptors (Lipinski definition) is 2. The third-order valence-electron chi connectivity index (χ3n) is 2.62. The second-order valence-corrected chi connectivity index (χ2v) is 5.64. The van der Waals surface area contributed by atoms with Gasteiger partial charge in [-0.2, -0.15) is 0 Å². The van der Waals surface area contributed by atoms with Gasteiger partial charge < -0.3 is 10.1 Å². The molecular formula is C15H24FNO. The standard InChI is InChI=1S/C15H24FNO/c1-12-11-13(16)7-8-14(12)18-10-6-5-9-17-15(2,3)4/h7-8,11,17H,5-6,9-10H2,1-4H3. The molecule has 0 bridgehead atoms. The Morgan fingerprint density at radius 1 is 1.22 bits per heavy atom. The summed E-state index contributed by atoms with van der Waals surface area (Å²) >= 11 is 0. The van der Waals surface area contributed by atoms with Crippen molar-refractivity contribution in [3.63, 3.8) is 0 Å². The minimum absolute atomic E-state index is 0.175. The van der Waals surface area contributed by atoms with Crippen molar-refractivity contribution in [3.8, 4) is 5.75 Å². The smallest absolute Gasteiger partial charge is 0.123 e. The summed E-state index contributed by atoms with van der Waals surface area (Å²) in [5.74, 6) is 0.564. The molecule has 0 saturated heterocycles. The van der Waals surface area contributed by atoms with Gasteiger partial charge in [-0.25, -0.2) is 4.39 Å². The van der Waals surface area contributed by atoms with Gasteiger partial charge in [0.05, 0.1) is 6.61 Å². The molecule has 1 aromatic carbocycles. The molecule has 0 heterocycles. The Morgan fingerprint density at radius 2 is 1.94 bits per heavy atom. The molecule has 0 amide bonds. The van der Waals surface area contributed by atoms with E-state index in [0.717, 1.165) is 30.7 Å². The number of aryl methyl sites for hydroxylation is 1. The number of benzene rings is 1. The van der Waals surface area contributed by atoms with E-state index in [1.165, 1.54) is 12.1 Å². The van der Waals surface area contributed by atoms with Gasteiger partial charge >= 0.3 is 0 Å². The molecule has 3 heteroatoms. The van der Waals surface area contributed by atoms with Gasteiger partial charge in [-0.05, 0) is 70.8 Å². The third-order valence-corrected chi connectivity index (χ3v) is 2.62. The van der Waals surface area contributed by atoms with E-state index in [1.807, 2.05) is 6.92 Å². The van der Waals surface area contributed by atoms with Crippen LogP contribution in [0.1, 0.15) is 39.2 Å². The van der Waals surface area contributed by atoms with Crippen LogP contribution < -0.4 is 10.1 Å². The first-order valence-electron chi connectivity index (χ1n) is 6.52. The van der Waals surface area contributed by atoms with Crippen molar-refractivity contribution in [1.82, 2.24) is 5.32 Å². The summed E-state index contributed by atoms with van der Waals surface area (Å²) in [5.41, 5.74) is 1.02. The number of rotatable bonds is 6. The second kappa shape index (κ2) is 6.74. The lowest BCUT2D eigenvalue weighted by Crippen LogP contribution is -2.36. The van der Waals surface area contributed by atoms with Gasteiger partial charge in [0.2, 0.25) is 0 Å². The van der Waals surface area contributed by atoms with Crippen molar-refractivity contribution in [2.45, 2.75) is 46.1 Å². The van der Waals surface area contributed by atoms with Crippen LogP contribution in [-0.2, 0) is 0 Å². The van der Waals surface area contributed by atoms with Gasteiger partial charge in [0.15, 0.2) is 0 Å². The van der Waals surface area contributed by atoms with Crippen LogP contribution >= 0.6 is 0 Å². The molecule has 0 aliphatic carbocycles. The maximum absolute atomic E-state index is 12.9. The molecule has 0 aliphatic heterocycles. The lowest BCUT2D eigenvalue weighted by atomic mass is 10.1. The highest BCUT2D eigenvalue weighted by molar-refractivity contribution is 5.32. The van der Waals surface area contributed by atoms with E-state index in [4.69, 9.17) is 4.74 Å². The molecule has 0 aromatic heterocycles. The molecule has 0 spiro atoms. The zero-order valence-electron chi connectivity index (χ0n) is 11.8. The quantitative estimate of drug-likeness (QED) is 0.781. The first-order valence-corrected chi connectivity index (χ1v) is 6.52. The zero-order chi connectivity index (χ0) is 13.6. The van der Waals surface area contributed by atoms with E-state index < -0.39 is 0 Å². The monoisotopic (exact) mass is 253 g/mol. The summed E-state index contributed by atoms with van der Waals surface area (Å²) < 4.78 is 18.5. The Labute approximate surface area is 110 Å². The second-order valence-electron chi connectivity index (χ2n) is 5.64. The van der Waals surface area contributed by atoms with Crippen LogP contribution in [0.2, 0.25) is 0 Å². The van der Waals surface area contributed by atoms with E-state index in [0.29, 0.717) is 6.61 Å². The number of nitrogens with one attached hydrogen (secondary N) is 1. The Morgan fingerprint density at radius 3 is 2.56 bits per heavy atom. The largest absolute Gasteiger partial charge is 0.493 e. The number of halogens is 1. The average molecular weight is 253 g/mol. The minimum atomic E-state index is -0.214. The topological polar surface area (TPSA) is 21.3 Å². The van der Waals surface area contributed by atoms with Gasteiger partial charge in [-0.1, -0.05) is 0 Å².